The first-order valence-electron chi connectivity index (χ1n) is 8.30. The van der Waals surface area contributed by atoms with Crippen molar-refractivity contribution in [3.63, 3.8) is 0 Å². The number of aromatic nitrogens is 1. The van der Waals surface area contributed by atoms with Gasteiger partial charge in [0.05, 0.1) is 4.90 Å². The molecule has 1 aliphatic rings. The number of carbonyl (C=O) groups excluding carboxylic acids is 1. The van der Waals surface area contributed by atoms with Gasteiger partial charge in [-0.3, -0.25) is 9.52 Å². The molecule has 0 aliphatic heterocycles. The maximum absolute atomic E-state index is 12.4. The Morgan fingerprint density at radius 3 is 2.52 bits per heavy atom. The van der Waals surface area contributed by atoms with Gasteiger partial charge >= 0.3 is 0 Å². The molecule has 0 unspecified atom stereocenters. The summed E-state index contributed by atoms with van der Waals surface area (Å²) < 4.78 is 27.2. The molecular weight excluding hydrogens is 358 g/mol. The summed E-state index contributed by atoms with van der Waals surface area (Å²) in [6, 6.07) is 6.75. The van der Waals surface area contributed by atoms with Gasteiger partial charge in [0, 0.05) is 11.4 Å². The lowest BCUT2D eigenvalue weighted by atomic mass is 9.95. The molecule has 1 aromatic heterocycles. The second-order valence-corrected chi connectivity index (χ2v) is 8.81. The highest BCUT2D eigenvalue weighted by Gasteiger charge is 2.20. The lowest BCUT2D eigenvalue weighted by Crippen LogP contribution is -2.36. The predicted octanol–water partition coefficient (Wildman–Crippen LogP) is 3.31. The zero-order valence-electron chi connectivity index (χ0n) is 14.0. The first-order chi connectivity index (χ1) is 11.9. The highest BCUT2D eigenvalue weighted by Crippen LogP contribution is 2.22. The summed E-state index contributed by atoms with van der Waals surface area (Å²) in [5, 5.41) is 4.74. The molecule has 3 rings (SSSR count). The van der Waals surface area contributed by atoms with E-state index < -0.39 is 10.0 Å². The van der Waals surface area contributed by atoms with Gasteiger partial charge in [-0.1, -0.05) is 37.0 Å². The Labute approximate surface area is 151 Å². The molecule has 1 amide bonds. The van der Waals surface area contributed by atoms with Crippen molar-refractivity contribution in [3.05, 3.63) is 40.9 Å². The largest absolute Gasteiger partial charge is 0.348 e. The van der Waals surface area contributed by atoms with E-state index in [2.05, 4.69) is 15.0 Å². The van der Waals surface area contributed by atoms with Gasteiger partial charge in [0.15, 0.2) is 5.13 Å². The fourth-order valence-corrected chi connectivity index (χ4v) is 4.77. The van der Waals surface area contributed by atoms with Crippen molar-refractivity contribution in [2.75, 3.05) is 4.72 Å². The van der Waals surface area contributed by atoms with Crippen LogP contribution in [0.15, 0.2) is 34.5 Å². The summed E-state index contributed by atoms with van der Waals surface area (Å²) in [6.45, 7) is 1.89. The third-order valence-corrected chi connectivity index (χ3v) is 6.47. The smallest absolute Gasteiger partial charge is 0.271 e. The van der Waals surface area contributed by atoms with Crippen LogP contribution in [-0.2, 0) is 10.0 Å². The first kappa shape index (κ1) is 17.9. The summed E-state index contributed by atoms with van der Waals surface area (Å²) in [5.74, 6) is -0.246. The molecule has 134 valence electrons. The second-order valence-electron chi connectivity index (χ2n) is 6.26. The van der Waals surface area contributed by atoms with Crippen molar-refractivity contribution in [2.24, 2.45) is 0 Å². The molecule has 25 heavy (non-hydrogen) atoms. The molecule has 1 aromatic carbocycles. The molecule has 0 bridgehead atoms. The van der Waals surface area contributed by atoms with E-state index in [4.69, 9.17) is 0 Å². The van der Waals surface area contributed by atoms with Gasteiger partial charge < -0.3 is 5.32 Å². The Morgan fingerprint density at radius 2 is 1.84 bits per heavy atom. The van der Waals surface area contributed by atoms with Gasteiger partial charge in [-0.2, -0.15) is 0 Å². The highest BCUT2D eigenvalue weighted by atomic mass is 32.2. The molecule has 8 heteroatoms. The topological polar surface area (TPSA) is 88.2 Å². The number of aryl methyl sites for hydroxylation is 1. The van der Waals surface area contributed by atoms with Crippen LogP contribution < -0.4 is 10.0 Å². The molecular formula is C17H21N3O3S2. The minimum Gasteiger partial charge on any atom is -0.348 e. The Hall–Kier alpha value is -1.93. The van der Waals surface area contributed by atoms with Gasteiger partial charge in [0.1, 0.15) is 5.69 Å². The van der Waals surface area contributed by atoms with Crippen LogP contribution in [0.3, 0.4) is 0 Å². The zero-order chi connectivity index (χ0) is 17.9. The van der Waals surface area contributed by atoms with E-state index in [0.717, 1.165) is 42.6 Å². The van der Waals surface area contributed by atoms with Crippen LogP contribution in [-0.4, -0.2) is 25.4 Å². The SMILES string of the molecule is Cc1ccc(S(=O)(=O)Nc2nc(C(=O)NC3CCCCC3)cs2)cc1. The number of benzene rings is 1. The maximum Gasteiger partial charge on any atom is 0.271 e. The van der Waals surface area contributed by atoms with Crippen LogP contribution >= 0.6 is 11.3 Å². The summed E-state index contributed by atoms with van der Waals surface area (Å²) in [7, 11) is -3.70. The van der Waals surface area contributed by atoms with Gasteiger partial charge in [-0.25, -0.2) is 13.4 Å². The van der Waals surface area contributed by atoms with Crippen LogP contribution in [0.25, 0.3) is 0 Å². The van der Waals surface area contributed by atoms with Crippen LogP contribution in [0.2, 0.25) is 0 Å². The van der Waals surface area contributed by atoms with Crippen molar-refractivity contribution in [3.8, 4) is 0 Å². The summed E-state index contributed by atoms with van der Waals surface area (Å²) in [4.78, 5) is 16.5. The number of nitrogens with one attached hydrogen (secondary N) is 2. The average molecular weight is 380 g/mol. The molecule has 0 atom stereocenters. The maximum atomic E-state index is 12.4. The third kappa shape index (κ3) is 4.58. The number of sulfonamides is 1. The summed E-state index contributed by atoms with van der Waals surface area (Å²) in [5.41, 5.74) is 1.23. The van der Waals surface area contributed by atoms with Crippen molar-refractivity contribution in [1.82, 2.24) is 10.3 Å². The lowest BCUT2D eigenvalue weighted by Gasteiger charge is -2.22. The van der Waals surface area contributed by atoms with E-state index in [1.54, 1.807) is 29.6 Å². The van der Waals surface area contributed by atoms with Gasteiger partial charge in [-0.15, -0.1) is 11.3 Å². The van der Waals surface area contributed by atoms with E-state index in [1.165, 1.54) is 6.42 Å². The van der Waals surface area contributed by atoms with Crippen molar-refractivity contribution in [1.29, 1.82) is 0 Å². The van der Waals surface area contributed by atoms with Crippen molar-refractivity contribution < 1.29 is 13.2 Å². The number of nitrogens with zero attached hydrogens (tertiary/aromatic N) is 1. The van der Waals surface area contributed by atoms with E-state index in [1.807, 2.05) is 6.92 Å². The third-order valence-electron chi connectivity index (χ3n) is 4.23. The lowest BCUT2D eigenvalue weighted by molar-refractivity contribution is 0.0923. The minimum absolute atomic E-state index is 0.168. The highest BCUT2D eigenvalue weighted by molar-refractivity contribution is 7.93. The Kier molecular flexibility index (Phi) is 5.39. The predicted molar refractivity (Wildman–Crippen MR) is 98.4 cm³/mol. The number of hydrogen-bond acceptors (Lipinski definition) is 5. The van der Waals surface area contributed by atoms with Crippen LogP contribution in [0, 0.1) is 6.92 Å². The summed E-state index contributed by atoms with van der Waals surface area (Å²) >= 11 is 1.10. The number of amides is 1. The molecule has 2 aromatic rings. The monoisotopic (exact) mass is 379 g/mol. The number of anilines is 1. The Morgan fingerprint density at radius 1 is 1.16 bits per heavy atom. The van der Waals surface area contributed by atoms with Crippen LogP contribution in [0.5, 0.6) is 0 Å². The molecule has 1 heterocycles. The fraction of sp³-hybridized carbons (Fsp3) is 0.412. The molecule has 0 spiro atoms. The Balaban J connectivity index is 1.66. The zero-order valence-corrected chi connectivity index (χ0v) is 15.6. The summed E-state index contributed by atoms with van der Waals surface area (Å²) in [6.07, 6.45) is 5.45. The normalized spacial score (nSPS) is 15.7. The van der Waals surface area contributed by atoms with Gasteiger partial charge in [0.2, 0.25) is 0 Å². The first-order valence-corrected chi connectivity index (χ1v) is 10.7. The number of hydrogen-bond donors (Lipinski definition) is 2. The van der Waals surface area contributed by atoms with Crippen LogP contribution in [0.1, 0.15) is 48.2 Å². The Bertz CT molecular complexity index is 838. The van der Waals surface area contributed by atoms with Gasteiger partial charge in [0.25, 0.3) is 15.9 Å². The molecule has 6 nitrogen and oxygen atoms in total. The minimum atomic E-state index is -3.70. The number of carbonyl (C=O) groups is 1. The second kappa shape index (κ2) is 7.53. The molecule has 1 fully saturated rings. The van der Waals surface area contributed by atoms with Crippen molar-refractivity contribution >= 4 is 32.4 Å². The standard InChI is InChI=1S/C17H21N3O3S2/c1-12-7-9-14(10-8-12)25(22,23)20-17-19-15(11-24-17)16(21)18-13-5-3-2-4-6-13/h7-11,13H,2-6H2,1H3,(H,18,21)(H,19,20). The average Bonchev–Trinajstić information content (AvgIpc) is 3.04. The molecule has 1 saturated carbocycles. The molecule has 2 N–H and O–H groups in total. The molecule has 0 saturated heterocycles. The fourth-order valence-electron chi connectivity index (χ4n) is 2.82. The van der Waals surface area contributed by atoms with Gasteiger partial charge in [-0.05, 0) is 31.9 Å². The molecule has 1 aliphatic carbocycles. The molecule has 0 radical (unpaired) electrons. The quantitative estimate of drug-likeness (QED) is 0.834. The van der Waals surface area contributed by atoms with E-state index in [0.29, 0.717) is 0 Å². The van der Waals surface area contributed by atoms with E-state index >= 15 is 0 Å². The van der Waals surface area contributed by atoms with E-state index in [-0.39, 0.29) is 27.7 Å². The van der Waals surface area contributed by atoms with Crippen molar-refractivity contribution in [2.45, 2.75) is 50.0 Å². The van der Waals surface area contributed by atoms with E-state index in [9.17, 15) is 13.2 Å². The number of thiazole rings is 1. The number of rotatable bonds is 5. The van der Waals surface area contributed by atoms with Crippen LogP contribution in [0.4, 0.5) is 5.13 Å².